The lowest BCUT2D eigenvalue weighted by atomic mass is 10.1. The second-order valence-corrected chi connectivity index (χ2v) is 6.55. The van der Waals surface area contributed by atoms with E-state index in [1.54, 1.807) is 6.07 Å². The molecule has 152 valence electrons. The highest BCUT2D eigenvalue weighted by Crippen LogP contribution is 2.28. The second kappa shape index (κ2) is 8.34. The summed E-state index contributed by atoms with van der Waals surface area (Å²) >= 11 is 0. The van der Waals surface area contributed by atoms with Gasteiger partial charge in [-0.25, -0.2) is 13.2 Å². The molecule has 0 radical (unpaired) electrons. The summed E-state index contributed by atoms with van der Waals surface area (Å²) in [6.07, 6.45) is -1.51. The van der Waals surface area contributed by atoms with Gasteiger partial charge in [-0.3, -0.25) is 14.4 Å². The Kier molecular flexibility index (Phi) is 5.86. The molecule has 1 aliphatic rings. The Hall–Kier alpha value is -3.36. The zero-order valence-corrected chi connectivity index (χ0v) is 15.3. The van der Waals surface area contributed by atoms with Crippen molar-refractivity contribution >= 4 is 29.2 Å². The first kappa shape index (κ1) is 20.4. The minimum Gasteiger partial charge on any atom is -0.452 e. The van der Waals surface area contributed by atoms with E-state index in [0.717, 1.165) is 23.1 Å². The molecule has 2 aromatic carbocycles. The number of hydrogen-bond donors (Lipinski definition) is 1. The van der Waals surface area contributed by atoms with E-state index in [4.69, 9.17) is 4.74 Å². The number of amides is 2. The molecule has 29 heavy (non-hydrogen) atoms. The minimum atomic E-state index is -1.32. The van der Waals surface area contributed by atoms with Crippen molar-refractivity contribution in [3.8, 4) is 0 Å². The van der Waals surface area contributed by atoms with E-state index in [0.29, 0.717) is 0 Å². The van der Waals surface area contributed by atoms with Gasteiger partial charge >= 0.3 is 5.97 Å². The van der Waals surface area contributed by atoms with Gasteiger partial charge in [0, 0.05) is 19.0 Å². The number of ether oxygens (including phenoxy) is 1. The number of carbonyl (C=O) groups is 3. The van der Waals surface area contributed by atoms with Crippen molar-refractivity contribution in [1.82, 2.24) is 0 Å². The molecule has 6 nitrogen and oxygen atoms in total. The van der Waals surface area contributed by atoms with Gasteiger partial charge in [0.2, 0.25) is 5.91 Å². The Morgan fingerprint density at radius 3 is 2.59 bits per heavy atom. The molecule has 1 fully saturated rings. The lowest BCUT2D eigenvalue weighted by Gasteiger charge is -2.18. The van der Waals surface area contributed by atoms with Crippen molar-refractivity contribution in [3.63, 3.8) is 0 Å². The minimum absolute atomic E-state index is 0.0557. The van der Waals surface area contributed by atoms with Crippen molar-refractivity contribution in [2.24, 2.45) is 5.92 Å². The molecule has 0 unspecified atom stereocenters. The molecule has 1 N–H and O–H groups in total. The smallest absolute Gasteiger partial charge is 0.312 e. The summed E-state index contributed by atoms with van der Waals surface area (Å²) in [5.41, 5.74) is -0.333. The molecule has 3 rings (SSSR count). The third-order valence-electron chi connectivity index (χ3n) is 4.45. The number of nitrogens with one attached hydrogen (secondary N) is 1. The van der Waals surface area contributed by atoms with Crippen LogP contribution in [0.5, 0.6) is 0 Å². The molecule has 2 atom stereocenters. The van der Waals surface area contributed by atoms with Crippen LogP contribution in [-0.4, -0.2) is 30.4 Å². The highest BCUT2D eigenvalue weighted by atomic mass is 19.1. The molecule has 0 bridgehead atoms. The van der Waals surface area contributed by atoms with E-state index in [9.17, 15) is 27.6 Å². The topological polar surface area (TPSA) is 75.7 Å². The number of nitrogens with zero attached hydrogens (tertiary/aromatic N) is 1. The van der Waals surface area contributed by atoms with Crippen LogP contribution in [0.4, 0.5) is 24.5 Å². The zero-order valence-electron chi connectivity index (χ0n) is 15.3. The average Bonchev–Trinajstić information content (AvgIpc) is 3.06. The molecule has 1 heterocycles. The molecule has 0 aliphatic carbocycles. The second-order valence-electron chi connectivity index (χ2n) is 6.55. The fourth-order valence-electron chi connectivity index (χ4n) is 2.92. The number of esters is 1. The lowest BCUT2D eigenvalue weighted by Crippen LogP contribution is -2.33. The van der Waals surface area contributed by atoms with Crippen LogP contribution < -0.4 is 10.2 Å². The van der Waals surface area contributed by atoms with Gasteiger partial charge in [0.15, 0.2) is 6.10 Å². The molecular weight excluding hydrogens is 389 g/mol. The summed E-state index contributed by atoms with van der Waals surface area (Å²) < 4.78 is 45.8. The quantitative estimate of drug-likeness (QED) is 0.775. The Bertz CT molecular complexity index is 966. The Labute approximate surface area is 164 Å². The highest BCUT2D eigenvalue weighted by molar-refractivity contribution is 6.00. The molecule has 2 amide bonds. The Morgan fingerprint density at radius 2 is 1.86 bits per heavy atom. The molecule has 1 saturated heterocycles. The van der Waals surface area contributed by atoms with Crippen molar-refractivity contribution in [1.29, 1.82) is 0 Å². The standard InChI is InChI=1S/C20H17F3N2O4/c1-11(19(27)24-16-9-13(21)6-7-14(16)22)29-20(28)12-8-18(26)25(10-12)17-5-3-2-4-15(17)23/h2-7,9,11-12H,8,10H2,1H3,(H,24,27)/t11-,12-/m0/s1. The molecule has 0 spiro atoms. The summed E-state index contributed by atoms with van der Waals surface area (Å²) in [4.78, 5) is 37.8. The molecule has 9 heteroatoms. The predicted molar refractivity (Wildman–Crippen MR) is 97.4 cm³/mol. The average molecular weight is 406 g/mol. The third-order valence-corrected chi connectivity index (χ3v) is 4.45. The first-order chi connectivity index (χ1) is 13.8. The SMILES string of the molecule is C[C@H](OC(=O)[C@H]1CC(=O)N(c2ccccc2F)C1)C(=O)Nc1cc(F)ccc1F. The van der Waals surface area contributed by atoms with E-state index in [-0.39, 0.29) is 24.3 Å². The first-order valence-electron chi connectivity index (χ1n) is 8.77. The van der Waals surface area contributed by atoms with Crippen LogP contribution in [0.1, 0.15) is 13.3 Å². The fourth-order valence-corrected chi connectivity index (χ4v) is 2.92. The number of carbonyl (C=O) groups excluding carboxylic acids is 3. The maximum absolute atomic E-state index is 13.9. The number of benzene rings is 2. The van der Waals surface area contributed by atoms with Crippen LogP contribution in [0.25, 0.3) is 0 Å². The largest absolute Gasteiger partial charge is 0.452 e. The number of hydrogen-bond acceptors (Lipinski definition) is 4. The molecule has 2 aromatic rings. The van der Waals surface area contributed by atoms with Crippen molar-refractivity contribution < 1.29 is 32.3 Å². The van der Waals surface area contributed by atoms with Gasteiger partial charge in [-0.15, -0.1) is 0 Å². The molecule has 1 aliphatic heterocycles. The summed E-state index contributed by atoms with van der Waals surface area (Å²) in [6.45, 7) is 1.17. The number of halogens is 3. The van der Waals surface area contributed by atoms with Crippen LogP contribution in [0.3, 0.4) is 0 Å². The van der Waals surface area contributed by atoms with Crippen molar-refractivity contribution in [2.75, 3.05) is 16.8 Å². The van der Waals surface area contributed by atoms with Gasteiger partial charge in [0.1, 0.15) is 17.5 Å². The summed E-state index contributed by atoms with van der Waals surface area (Å²) in [7, 11) is 0. The van der Waals surface area contributed by atoms with Gasteiger partial charge in [0.05, 0.1) is 17.3 Å². The number of rotatable bonds is 5. The van der Waals surface area contributed by atoms with Crippen molar-refractivity contribution in [2.45, 2.75) is 19.4 Å². The van der Waals surface area contributed by atoms with Gasteiger partial charge in [0.25, 0.3) is 5.91 Å². The van der Waals surface area contributed by atoms with Crippen LogP contribution in [-0.2, 0) is 19.1 Å². The van der Waals surface area contributed by atoms with Crippen LogP contribution in [0, 0.1) is 23.4 Å². The van der Waals surface area contributed by atoms with Crippen LogP contribution in [0.15, 0.2) is 42.5 Å². The van der Waals surface area contributed by atoms with Gasteiger partial charge < -0.3 is 15.0 Å². The van der Waals surface area contributed by atoms with Gasteiger partial charge in [-0.05, 0) is 31.2 Å². The normalized spacial score (nSPS) is 17.2. The van der Waals surface area contributed by atoms with Gasteiger partial charge in [-0.1, -0.05) is 12.1 Å². The number of anilines is 2. The predicted octanol–water partition coefficient (Wildman–Crippen LogP) is 3.03. The molecule has 0 aromatic heterocycles. The Morgan fingerprint density at radius 1 is 1.14 bits per heavy atom. The maximum atomic E-state index is 13.9. The number of para-hydroxylation sites is 1. The summed E-state index contributed by atoms with van der Waals surface area (Å²) in [6, 6.07) is 8.21. The first-order valence-corrected chi connectivity index (χ1v) is 8.77. The van der Waals surface area contributed by atoms with E-state index in [1.165, 1.54) is 25.1 Å². The molecular formula is C20H17F3N2O4. The molecule has 0 saturated carbocycles. The summed E-state index contributed by atoms with van der Waals surface area (Å²) in [5.74, 6) is -5.21. The highest BCUT2D eigenvalue weighted by Gasteiger charge is 2.38. The maximum Gasteiger partial charge on any atom is 0.312 e. The monoisotopic (exact) mass is 406 g/mol. The van der Waals surface area contributed by atoms with E-state index < -0.39 is 47.3 Å². The van der Waals surface area contributed by atoms with Crippen LogP contribution in [0.2, 0.25) is 0 Å². The lowest BCUT2D eigenvalue weighted by molar-refractivity contribution is -0.157. The Balaban J connectivity index is 1.61. The van der Waals surface area contributed by atoms with Gasteiger partial charge in [-0.2, -0.15) is 0 Å². The van der Waals surface area contributed by atoms with E-state index >= 15 is 0 Å². The van der Waals surface area contributed by atoms with E-state index in [2.05, 4.69) is 5.32 Å². The summed E-state index contributed by atoms with van der Waals surface area (Å²) in [5, 5.41) is 2.14. The van der Waals surface area contributed by atoms with E-state index in [1.807, 2.05) is 0 Å². The zero-order chi connectivity index (χ0) is 21.1. The van der Waals surface area contributed by atoms with Crippen molar-refractivity contribution in [3.05, 3.63) is 59.9 Å². The fraction of sp³-hybridized carbons (Fsp3) is 0.250. The van der Waals surface area contributed by atoms with Crippen LogP contribution >= 0.6 is 0 Å². The third kappa shape index (κ3) is 4.56.